The lowest BCUT2D eigenvalue weighted by molar-refractivity contribution is -0.137. The summed E-state index contributed by atoms with van der Waals surface area (Å²) in [6, 6.07) is 11.4. The van der Waals surface area contributed by atoms with E-state index in [4.69, 9.17) is 5.11 Å². The first kappa shape index (κ1) is 14.1. The maximum Gasteiger partial charge on any atom is 0.417 e. The second kappa shape index (κ2) is 5.36. The molecule has 5 heteroatoms. The minimum atomic E-state index is -4.42. The molecule has 0 fully saturated rings. The molecule has 0 unspecified atom stereocenters. The summed E-state index contributed by atoms with van der Waals surface area (Å²) in [6.45, 7) is 0. The lowest BCUT2D eigenvalue weighted by Crippen LogP contribution is -2.06. The molecule has 2 aromatic carbocycles. The van der Waals surface area contributed by atoms with Crippen molar-refractivity contribution < 1.29 is 23.1 Å². The highest BCUT2D eigenvalue weighted by Gasteiger charge is 2.33. The van der Waals surface area contributed by atoms with Crippen LogP contribution in [0.4, 0.5) is 13.2 Å². The molecule has 2 rings (SSSR count). The molecule has 0 radical (unpaired) electrons. The van der Waals surface area contributed by atoms with E-state index in [1.54, 1.807) is 0 Å². The second-order valence-corrected chi connectivity index (χ2v) is 4.31. The van der Waals surface area contributed by atoms with Crippen molar-refractivity contribution >= 4 is 5.97 Å². The van der Waals surface area contributed by atoms with Crippen LogP contribution in [0, 0.1) is 0 Å². The minimum absolute atomic E-state index is 0.0851. The molecule has 0 amide bonds. The summed E-state index contributed by atoms with van der Waals surface area (Å²) >= 11 is 0. The summed E-state index contributed by atoms with van der Waals surface area (Å²) in [5.41, 5.74) is 0.339. The number of carboxylic acids is 1. The summed E-state index contributed by atoms with van der Waals surface area (Å²) in [6.07, 6.45) is -4.57. The Labute approximate surface area is 113 Å². The van der Waals surface area contributed by atoms with Gasteiger partial charge in [0.1, 0.15) is 0 Å². The third-order valence-electron chi connectivity index (χ3n) is 2.85. The van der Waals surface area contributed by atoms with Crippen LogP contribution in [0.3, 0.4) is 0 Å². The number of alkyl halides is 3. The Hall–Kier alpha value is -2.30. The molecule has 0 heterocycles. The molecular weight excluding hydrogens is 269 g/mol. The van der Waals surface area contributed by atoms with Gasteiger partial charge in [-0.1, -0.05) is 42.5 Å². The summed E-state index contributed by atoms with van der Waals surface area (Å²) in [4.78, 5) is 10.6. The van der Waals surface area contributed by atoms with E-state index in [2.05, 4.69) is 0 Å². The Kier molecular flexibility index (Phi) is 3.79. The van der Waals surface area contributed by atoms with Gasteiger partial charge in [0.15, 0.2) is 0 Å². The van der Waals surface area contributed by atoms with Crippen molar-refractivity contribution in [3.05, 3.63) is 59.7 Å². The van der Waals surface area contributed by atoms with Gasteiger partial charge in [0, 0.05) is 0 Å². The summed E-state index contributed by atoms with van der Waals surface area (Å²) in [5.74, 6) is -0.978. The number of carbonyl (C=O) groups is 1. The van der Waals surface area contributed by atoms with E-state index in [1.807, 2.05) is 0 Å². The summed E-state index contributed by atoms with van der Waals surface area (Å²) in [5, 5.41) is 8.66. The third-order valence-corrected chi connectivity index (χ3v) is 2.85. The molecule has 0 spiro atoms. The number of hydrogen-bond donors (Lipinski definition) is 1. The highest BCUT2D eigenvalue weighted by molar-refractivity contribution is 5.72. The van der Waals surface area contributed by atoms with E-state index < -0.39 is 17.7 Å². The first-order valence-electron chi connectivity index (χ1n) is 5.85. The van der Waals surface area contributed by atoms with Gasteiger partial charge >= 0.3 is 12.1 Å². The van der Waals surface area contributed by atoms with Crippen LogP contribution in [-0.2, 0) is 17.4 Å². The molecule has 2 nitrogen and oxygen atoms in total. The van der Waals surface area contributed by atoms with Crippen molar-refractivity contribution in [2.45, 2.75) is 12.6 Å². The van der Waals surface area contributed by atoms with Gasteiger partial charge in [0.05, 0.1) is 12.0 Å². The first-order valence-corrected chi connectivity index (χ1v) is 5.85. The number of benzene rings is 2. The Morgan fingerprint density at radius 2 is 1.60 bits per heavy atom. The van der Waals surface area contributed by atoms with Crippen LogP contribution in [0.5, 0.6) is 0 Å². The molecule has 104 valence electrons. The smallest absolute Gasteiger partial charge is 0.417 e. The first-order chi connectivity index (χ1) is 9.38. The van der Waals surface area contributed by atoms with Gasteiger partial charge in [-0.15, -0.1) is 0 Å². The number of carboxylic acid groups (broad SMARTS) is 1. The zero-order chi connectivity index (χ0) is 14.8. The molecule has 2 aromatic rings. The van der Waals surface area contributed by atoms with E-state index >= 15 is 0 Å². The van der Waals surface area contributed by atoms with Crippen LogP contribution >= 0.6 is 0 Å². The Morgan fingerprint density at radius 3 is 2.15 bits per heavy atom. The van der Waals surface area contributed by atoms with Crippen LogP contribution in [0.1, 0.15) is 11.1 Å². The van der Waals surface area contributed by atoms with Crippen LogP contribution in [-0.4, -0.2) is 11.1 Å². The Balaban J connectivity index is 2.40. The van der Waals surface area contributed by atoms with Crippen molar-refractivity contribution in [2.24, 2.45) is 0 Å². The van der Waals surface area contributed by atoms with Crippen LogP contribution in [0.25, 0.3) is 11.1 Å². The van der Waals surface area contributed by atoms with Crippen molar-refractivity contribution in [3.8, 4) is 11.1 Å². The van der Waals surface area contributed by atoms with E-state index in [0.717, 1.165) is 6.07 Å². The Morgan fingerprint density at radius 1 is 1.00 bits per heavy atom. The predicted octanol–water partition coefficient (Wildman–Crippen LogP) is 4.00. The molecule has 0 aliphatic rings. The SMILES string of the molecule is O=C(O)Cc1ccc(-c2ccccc2C(F)(F)F)cc1. The molecule has 0 aromatic heterocycles. The normalized spacial score (nSPS) is 11.3. The maximum absolute atomic E-state index is 12.9. The summed E-state index contributed by atoms with van der Waals surface area (Å²) < 4.78 is 38.7. The molecule has 0 atom stereocenters. The van der Waals surface area contributed by atoms with Crippen molar-refractivity contribution in [1.82, 2.24) is 0 Å². The molecule has 0 aliphatic carbocycles. The molecule has 0 saturated carbocycles. The summed E-state index contributed by atoms with van der Waals surface area (Å²) in [7, 11) is 0. The predicted molar refractivity (Wildman–Crippen MR) is 68.2 cm³/mol. The molecule has 20 heavy (non-hydrogen) atoms. The lowest BCUT2D eigenvalue weighted by Gasteiger charge is -2.13. The van der Waals surface area contributed by atoms with Gasteiger partial charge < -0.3 is 5.11 Å². The fourth-order valence-electron chi connectivity index (χ4n) is 1.96. The monoisotopic (exact) mass is 280 g/mol. The van der Waals surface area contributed by atoms with Crippen LogP contribution in [0.15, 0.2) is 48.5 Å². The highest BCUT2D eigenvalue weighted by Crippen LogP contribution is 2.36. The Bertz CT molecular complexity index is 616. The topological polar surface area (TPSA) is 37.3 Å². The molecule has 1 N–H and O–H groups in total. The average Bonchev–Trinajstić information content (AvgIpc) is 2.38. The third kappa shape index (κ3) is 3.17. The number of rotatable bonds is 3. The van der Waals surface area contributed by atoms with Gasteiger partial charge in [-0.3, -0.25) is 4.79 Å². The zero-order valence-corrected chi connectivity index (χ0v) is 10.3. The average molecular weight is 280 g/mol. The minimum Gasteiger partial charge on any atom is -0.481 e. The van der Waals surface area contributed by atoms with Gasteiger partial charge in [-0.25, -0.2) is 0 Å². The van der Waals surface area contributed by atoms with Crippen LogP contribution < -0.4 is 0 Å². The highest BCUT2D eigenvalue weighted by atomic mass is 19.4. The number of hydrogen-bond acceptors (Lipinski definition) is 1. The lowest BCUT2D eigenvalue weighted by atomic mass is 9.98. The zero-order valence-electron chi connectivity index (χ0n) is 10.3. The number of halogens is 3. The van der Waals surface area contributed by atoms with Gasteiger partial charge in [0.25, 0.3) is 0 Å². The fourth-order valence-corrected chi connectivity index (χ4v) is 1.96. The van der Waals surface area contributed by atoms with E-state index in [-0.39, 0.29) is 12.0 Å². The fraction of sp³-hybridized carbons (Fsp3) is 0.133. The van der Waals surface area contributed by atoms with Crippen molar-refractivity contribution in [2.75, 3.05) is 0 Å². The molecular formula is C15H11F3O2. The van der Waals surface area contributed by atoms with E-state index in [0.29, 0.717) is 11.1 Å². The standard InChI is InChI=1S/C15H11F3O2/c16-15(17,18)13-4-2-1-3-12(13)11-7-5-10(6-8-11)9-14(19)20/h1-8H,9H2,(H,19,20). The van der Waals surface area contributed by atoms with E-state index in [1.165, 1.54) is 42.5 Å². The van der Waals surface area contributed by atoms with Crippen molar-refractivity contribution in [1.29, 1.82) is 0 Å². The molecule has 0 aliphatic heterocycles. The van der Waals surface area contributed by atoms with E-state index in [9.17, 15) is 18.0 Å². The molecule has 0 saturated heterocycles. The maximum atomic E-state index is 12.9. The second-order valence-electron chi connectivity index (χ2n) is 4.31. The van der Waals surface area contributed by atoms with Gasteiger partial charge in [-0.05, 0) is 22.8 Å². The van der Waals surface area contributed by atoms with Crippen LogP contribution in [0.2, 0.25) is 0 Å². The van der Waals surface area contributed by atoms with Crippen molar-refractivity contribution in [3.63, 3.8) is 0 Å². The number of aliphatic carboxylic acids is 1. The van der Waals surface area contributed by atoms with Gasteiger partial charge in [-0.2, -0.15) is 13.2 Å². The quantitative estimate of drug-likeness (QED) is 0.922. The van der Waals surface area contributed by atoms with Gasteiger partial charge in [0.2, 0.25) is 0 Å². The largest absolute Gasteiger partial charge is 0.481 e. The molecule has 0 bridgehead atoms.